The Morgan fingerprint density at radius 3 is 2.62 bits per heavy atom. The van der Waals surface area contributed by atoms with Crippen LogP contribution in [0.4, 0.5) is 0 Å². The molecule has 0 spiro atoms. The first-order valence-electron chi connectivity index (χ1n) is 8.63. The van der Waals surface area contributed by atoms with Crippen molar-refractivity contribution in [2.45, 2.75) is 19.3 Å². The fraction of sp³-hybridized carbons (Fsp3) is 0.238. The van der Waals surface area contributed by atoms with E-state index in [1.807, 2.05) is 60.0 Å². The minimum atomic E-state index is -0.466. The van der Waals surface area contributed by atoms with Gasteiger partial charge in [0.15, 0.2) is 11.5 Å². The van der Waals surface area contributed by atoms with Crippen molar-refractivity contribution in [2.75, 3.05) is 13.7 Å². The van der Waals surface area contributed by atoms with Gasteiger partial charge in [0, 0.05) is 10.4 Å². The van der Waals surface area contributed by atoms with E-state index in [1.165, 1.54) is 4.88 Å². The summed E-state index contributed by atoms with van der Waals surface area (Å²) >= 11 is 1.68. The van der Waals surface area contributed by atoms with Gasteiger partial charge in [-0.25, -0.2) is 0 Å². The van der Waals surface area contributed by atoms with Crippen molar-refractivity contribution in [1.82, 2.24) is 0 Å². The van der Waals surface area contributed by atoms with Crippen molar-refractivity contribution < 1.29 is 19.9 Å². The van der Waals surface area contributed by atoms with Crippen molar-refractivity contribution in [1.29, 1.82) is 0 Å². The zero-order chi connectivity index (χ0) is 18.2. The second-order valence-electron chi connectivity index (χ2n) is 6.01. The summed E-state index contributed by atoms with van der Waals surface area (Å²) in [4.78, 5) is 1.18. The number of thiophene rings is 1. The number of hydrogen-bond acceptors (Lipinski definition) is 4. The maximum Gasteiger partial charge on any atom is 0.161 e. The van der Waals surface area contributed by atoms with E-state index in [4.69, 9.17) is 9.47 Å². The van der Waals surface area contributed by atoms with Crippen LogP contribution in [0.3, 0.4) is 0 Å². The van der Waals surface area contributed by atoms with Gasteiger partial charge >= 0.3 is 0 Å². The molecule has 0 bridgehead atoms. The summed E-state index contributed by atoms with van der Waals surface area (Å²) in [7, 11) is 1.65. The van der Waals surface area contributed by atoms with Crippen LogP contribution in [0.25, 0.3) is 0 Å². The highest BCUT2D eigenvalue weighted by Gasteiger charge is 2.11. The third-order valence-electron chi connectivity index (χ3n) is 4.13. The number of methoxy groups -OCH3 is 1. The summed E-state index contributed by atoms with van der Waals surface area (Å²) in [6.07, 6.45) is -0.466. The van der Waals surface area contributed by atoms with Crippen LogP contribution in [0.15, 0.2) is 66.0 Å². The molecule has 3 rings (SSSR count). The number of quaternary nitrogens is 1. The van der Waals surface area contributed by atoms with E-state index in [-0.39, 0.29) is 0 Å². The van der Waals surface area contributed by atoms with Gasteiger partial charge in [0.2, 0.25) is 0 Å². The number of aliphatic hydroxyl groups excluding tert-OH is 1. The highest BCUT2D eigenvalue weighted by Crippen LogP contribution is 2.29. The van der Waals surface area contributed by atoms with E-state index in [9.17, 15) is 5.11 Å². The molecule has 2 aromatic carbocycles. The average Bonchev–Trinajstić information content (AvgIpc) is 3.21. The lowest BCUT2D eigenvalue weighted by Gasteiger charge is -2.12. The van der Waals surface area contributed by atoms with Crippen molar-refractivity contribution >= 4 is 11.3 Å². The molecule has 1 atom stereocenters. The minimum absolute atomic E-state index is 0.466. The minimum Gasteiger partial charge on any atom is -0.493 e. The summed E-state index contributed by atoms with van der Waals surface area (Å²) in [5.41, 5.74) is 2.07. The molecule has 136 valence electrons. The van der Waals surface area contributed by atoms with E-state index in [0.29, 0.717) is 13.2 Å². The van der Waals surface area contributed by atoms with E-state index >= 15 is 0 Å². The quantitative estimate of drug-likeness (QED) is 0.608. The number of benzene rings is 2. The molecule has 0 amide bonds. The van der Waals surface area contributed by atoms with Crippen molar-refractivity contribution in [3.63, 3.8) is 0 Å². The molecule has 3 N–H and O–H groups in total. The molecule has 3 aromatic rings. The third-order valence-corrected chi connectivity index (χ3v) is 4.98. The fourth-order valence-electron chi connectivity index (χ4n) is 2.72. The van der Waals surface area contributed by atoms with E-state index < -0.39 is 6.10 Å². The Kier molecular flexibility index (Phi) is 6.66. The molecule has 0 fully saturated rings. The van der Waals surface area contributed by atoms with Crippen molar-refractivity contribution in [3.8, 4) is 11.5 Å². The number of ether oxygens (including phenoxy) is 2. The lowest BCUT2D eigenvalue weighted by Crippen LogP contribution is -2.83. The maximum absolute atomic E-state index is 10.2. The summed E-state index contributed by atoms with van der Waals surface area (Å²) in [6.45, 7) is 1.93. The van der Waals surface area contributed by atoms with Crippen LogP contribution in [0.2, 0.25) is 0 Å². The Balaban J connectivity index is 1.53. The average molecular weight is 370 g/mol. The molecule has 0 unspecified atom stereocenters. The highest BCUT2D eigenvalue weighted by atomic mass is 32.1. The molecular weight excluding hydrogens is 346 g/mol. The van der Waals surface area contributed by atoms with Gasteiger partial charge < -0.3 is 19.9 Å². The van der Waals surface area contributed by atoms with Gasteiger partial charge in [0.05, 0.1) is 7.11 Å². The van der Waals surface area contributed by atoms with Gasteiger partial charge in [-0.05, 0) is 35.2 Å². The van der Waals surface area contributed by atoms with Crippen molar-refractivity contribution in [3.05, 3.63) is 82.0 Å². The first-order valence-corrected chi connectivity index (χ1v) is 9.51. The molecule has 0 aliphatic heterocycles. The maximum atomic E-state index is 10.2. The Morgan fingerprint density at radius 2 is 1.88 bits per heavy atom. The van der Waals surface area contributed by atoms with E-state index in [2.05, 4.69) is 11.4 Å². The number of nitrogens with two attached hydrogens (primary N) is 1. The molecule has 0 aliphatic carbocycles. The number of rotatable bonds is 9. The monoisotopic (exact) mass is 370 g/mol. The highest BCUT2D eigenvalue weighted by molar-refractivity contribution is 7.09. The van der Waals surface area contributed by atoms with Crippen LogP contribution in [0.1, 0.15) is 22.1 Å². The Bertz CT molecular complexity index is 790. The Hall–Kier alpha value is -2.34. The van der Waals surface area contributed by atoms with Crippen LogP contribution in [-0.2, 0) is 13.2 Å². The molecule has 0 saturated carbocycles. The predicted octanol–water partition coefficient (Wildman–Crippen LogP) is 3.13. The molecule has 5 heteroatoms. The molecule has 26 heavy (non-hydrogen) atoms. The van der Waals surface area contributed by atoms with Gasteiger partial charge in [-0.3, -0.25) is 0 Å². The topological polar surface area (TPSA) is 55.3 Å². The van der Waals surface area contributed by atoms with Crippen molar-refractivity contribution in [2.24, 2.45) is 0 Å². The second kappa shape index (κ2) is 9.38. The Labute approximate surface area is 158 Å². The van der Waals surface area contributed by atoms with Gasteiger partial charge in [-0.15, -0.1) is 11.3 Å². The van der Waals surface area contributed by atoms with Gasteiger partial charge in [0.1, 0.15) is 25.8 Å². The van der Waals surface area contributed by atoms with Gasteiger partial charge in [0.25, 0.3) is 0 Å². The van der Waals surface area contributed by atoms with Crippen LogP contribution in [0.5, 0.6) is 11.5 Å². The molecule has 0 aliphatic rings. The zero-order valence-corrected chi connectivity index (χ0v) is 15.6. The third kappa shape index (κ3) is 5.08. The molecule has 1 heterocycles. The van der Waals surface area contributed by atoms with E-state index in [1.54, 1.807) is 18.4 Å². The molecule has 0 saturated heterocycles. The van der Waals surface area contributed by atoms with Gasteiger partial charge in [-0.1, -0.05) is 36.4 Å². The summed E-state index contributed by atoms with van der Waals surface area (Å²) < 4.78 is 11.3. The first-order chi connectivity index (χ1) is 12.8. The standard InChI is InChI=1S/C21H23NO3S/c1-24-21-12-16(9-10-20(21)25-15-18-8-5-11-26-18)13-22-14-19(23)17-6-3-2-4-7-17/h2-12,19,22-23H,13-15H2,1H3/p+1/t19-/m0/s1. The fourth-order valence-corrected chi connectivity index (χ4v) is 3.34. The lowest BCUT2D eigenvalue weighted by molar-refractivity contribution is -0.677. The first kappa shape index (κ1) is 18.5. The largest absolute Gasteiger partial charge is 0.493 e. The summed E-state index contributed by atoms with van der Waals surface area (Å²) in [6, 6.07) is 19.8. The smallest absolute Gasteiger partial charge is 0.161 e. The zero-order valence-electron chi connectivity index (χ0n) is 14.8. The normalized spacial score (nSPS) is 11.9. The van der Waals surface area contributed by atoms with Crippen LogP contribution < -0.4 is 14.8 Å². The van der Waals surface area contributed by atoms with Crippen LogP contribution >= 0.6 is 11.3 Å². The van der Waals surface area contributed by atoms with Crippen LogP contribution in [-0.4, -0.2) is 18.8 Å². The van der Waals surface area contributed by atoms with E-state index in [0.717, 1.165) is 29.2 Å². The van der Waals surface area contributed by atoms with Crippen LogP contribution in [0, 0.1) is 0 Å². The molecule has 1 aromatic heterocycles. The number of hydrogen-bond donors (Lipinski definition) is 2. The second-order valence-corrected chi connectivity index (χ2v) is 7.04. The molecule has 0 radical (unpaired) electrons. The predicted molar refractivity (Wildman–Crippen MR) is 104 cm³/mol. The SMILES string of the molecule is COc1cc(C[NH2+]C[C@H](O)c2ccccc2)ccc1OCc1cccs1. The van der Waals surface area contributed by atoms with Gasteiger partial charge in [-0.2, -0.15) is 0 Å². The summed E-state index contributed by atoms with van der Waals surface area (Å²) in [5, 5.41) is 14.4. The summed E-state index contributed by atoms with van der Waals surface area (Å²) in [5.74, 6) is 1.48. The Morgan fingerprint density at radius 1 is 1.04 bits per heavy atom. The molecular formula is C21H24NO3S+. The molecule has 4 nitrogen and oxygen atoms in total. The lowest BCUT2D eigenvalue weighted by atomic mass is 10.1. The number of aliphatic hydroxyl groups is 1.